The van der Waals surface area contributed by atoms with Gasteiger partial charge in [-0.25, -0.2) is 4.98 Å². The van der Waals surface area contributed by atoms with Crippen LogP contribution in [0.1, 0.15) is 36.4 Å². The van der Waals surface area contributed by atoms with E-state index >= 15 is 0 Å². The zero-order valence-corrected chi connectivity index (χ0v) is 11.4. The minimum absolute atomic E-state index is 0.517. The van der Waals surface area contributed by atoms with Crippen LogP contribution >= 0.6 is 0 Å². The molecule has 0 aliphatic carbocycles. The van der Waals surface area contributed by atoms with E-state index in [0.29, 0.717) is 11.8 Å². The second-order valence-corrected chi connectivity index (χ2v) is 5.47. The summed E-state index contributed by atoms with van der Waals surface area (Å²) in [6.07, 6.45) is 5.24. The molecule has 3 nitrogen and oxygen atoms in total. The summed E-state index contributed by atoms with van der Waals surface area (Å²) in [7, 11) is 0. The van der Waals surface area contributed by atoms with Crippen LogP contribution in [0.15, 0.2) is 42.9 Å². The summed E-state index contributed by atoms with van der Waals surface area (Å²) in [6.45, 7) is 5.51. The maximum Gasteiger partial charge on any atom is 0.0948 e. The third-order valence-corrected chi connectivity index (χ3v) is 4.06. The number of nitrogens with one attached hydrogen (secondary N) is 1. The number of hydrogen-bond donors (Lipinski definition) is 1. The van der Waals surface area contributed by atoms with Crippen molar-refractivity contribution in [3.63, 3.8) is 0 Å². The van der Waals surface area contributed by atoms with Gasteiger partial charge >= 0.3 is 0 Å². The lowest BCUT2D eigenvalue weighted by molar-refractivity contribution is 0.554. The number of benzene rings is 1. The molecule has 1 aliphatic heterocycles. The Kier molecular flexibility index (Phi) is 3.65. The molecule has 3 rings (SSSR count). The summed E-state index contributed by atoms with van der Waals surface area (Å²) in [6, 6.07) is 10.7. The number of aromatic nitrogens is 2. The van der Waals surface area contributed by atoms with Crippen LogP contribution in [-0.2, 0) is 6.54 Å². The second kappa shape index (κ2) is 5.57. The molecule has 1 aromatic heterocycles. The molecule has 3 heteroatoms. The predicted molar refractivity (Wildman–Crippen MR) is 77.3 cm³/mol. The van der Waals surface area contributed by atoms with Gasteiger partial charge in [0, 0.05) is 30.9 Å². The Labute approximate surface area is 114 Å². The largest absolute Gasteiger partial charge is 0.334 e. The van der Waals surface area contributed by atoms with E-state index in [1.54, 1.807) is 0 Å². The lowest BCUT2D eigenvalue weighted by Crippen LogP contribution is -2.13. The van der Waals surface area contributed by atoms with Gasteiger partial charge in [-0.3, -0.25) is 0 Å². The van der Waals surface area contributed by atoms with Gasteiger partial charge in [0.1, 0.15) is 0 Å². The van der Waals surface area contributed by atoms with Crippen molar-refractivity contribution < 1.29 is 0 Å². The van der Waals surface area contributed by atoms with Crippen molar-refractivity contribution in [3.05, 3.63) is 54.1 Å². The van der Waals surface area contributed by atoms with E-state index in [0.717, 1.165) is 19.6 Å². The van der Waals surface area contributed by atoms with Crippen LogP contribution in [0.3, 0.4) is 0 Å². The Hall–Kier alpha value is -1.61. The zero-order chi connectivity index (χ0) is 13.1. The van der Waals surface area contributed by atoms with Gasteiger partial charge in [-0.05, 0) is 24.4 Å². The smallest absolute Gasteiger partial charge is 0.0948 e. The Morgan fingerprint density at radius 2 is 2.21 bits per heavy atom. The van der Waals surface area contributed by atoms with Crippen molar-refractivity contribution in [2.24, 2.45) is 0 Å². The summed E-state index contributed by atoms with van der Waals surface area (Å²) >= 11 is 0. The van der Waals surface area contributed by atoms with Gasteiger partial charge in [0.25, 0.3) is 0 Å². The first kappa shape index (κ1) is 12.4. The first-order valence-electron chi connectivity index (χ1n) is 7.10. The Balaban J connectivity index is 1.75. The number of nitrogens with zero attached hydrogens (tertiary/aromatic N) is 2. The normalized spacial score (nSPS) is 20.6. The highest BCUT2D eigenvalue weighted by molar-refractivity contribution is 5.19. The fourth-order valence-electron chi connectivity index (χ4n) is 2.91. The molecule has 0 amide bonds. The molecule has 2 heterocycles. The molecule has 100 valence electrons. The zero-order valence-electron chi connectivity index (χ0n) is 11.4. The maximum atomic E-state index is 4.35. The first-order valence-corrected chi connectivity index (χ1v) is 7.10. The minimum Gasteiger partial charge on any atom is -0.334 e. The summed E-state index contributed by atoms with van der Waals surface area (Å²) in [4.78, 5) is 4.35. The highest BCUT2D eigenvalue weighted by Crippen LogP contribution is 2.24. The van der Waals surface area contributed by atoms with Crippen LogP contribution in [0, 0.1) is 0 Å². The van der Waals surface area contributed by atoms with Crippen molar-refractivity contribution in [1.29, 1.82) is 0 Å². The van der Waals surface area contributed by atoms with Gasteiger partial charge in [0.15, 0.2) is 0 Å². The number of hydrogen-bond acceptors (Lipinski definition) is 2. The van der Waals surface area contributed by atoms with Gasteiger partial charge in [-0.2, -0.15) is 0 Å². The molecular weight excluding hydrogens is 234 g/mol. The molecular formula is C16H21N3. The van der Waals surface area contributed by atoms with Crippen molar-refractivity contribution in [2.45, 2.75) is 31.7 Å². The van der Waals surface area contributed by atoms with Crippen LogP contribution in [-0.4, -0.2) is 22.6 Å². The molecule has 1 saturated heterocycles. The maximum absolute atomic E-state index is 4.35. The Morgan fingerprint density at radius 3 is 2.95 bits per heavy atom. The Morgan fingerprint density at radius 1 is 1.37 bits per heavy atom. The molecule has 0 spiro atoms. The molecule has 1 fully saturated rings. The lowest BCUT2D eigenvalue weighted by Gasteiger charge is -2.17. The van der Waals surface area contributed by atoms with Crippen molar-refractivity contribution in [2.75, 3.05) is 13.1 Å². The molecule has 2 unspecified atom stereocenters. The van der Waals surface area contributed by atoms with Crippen LogP contribution in [0.25, 0.3) is 0 Å². The van der Waals surface area contributed by atoms with Crippen molar-refractivity contribution >= 4 is 0 Å². The summed E-state index contributed by atoms with van der Waals surface area (Å²) < 4.78 is 2.33. The molecule has 1 N–H and O–H groups in total. The van der Waals surface area contributed by atoms with E-state index in [9.17, 15) is 0 Å². The fourth-order valence-corrected chi connectivity index (χ4v) is 2.91. The highest BCUT2D eigenvalue weighted by atomic mass is 15.1. The van der Waals surface area contributed by atoms with E-state index in [1.165, 1.54) is 17.7 Å². The molecule has 19 heavy (non-hydrogen) atoms. The van der Waals surface area contributed by atoms with Gasteiger partial charge in [-0.15, -0.1) is 0 Å². The molecule has 0 saturated carbocycles. The van der Waals surface area contributed by atoms with E-state index in [4.69, 9.17) is 0 Å². The Bertz CT molecular complexity index is 512. The summed E-state index contributed by atoms with van der Waals surface area (Å²) in [5.74, 6) is 1.15. The lowest BCUT2D eigenvalue weighted by atomic mass is 10.0. The molecule has 0 bridgehead atoms. The summed E-state index contributed by atoms with van der Waals surface area (Å²) in [5.41, 5.74) is 2.78. The minimum atomic E-state index is 0.517. The quantitative estimate of drug-likeness (QED) is 0.910. The third-order valence-electron chi connectivity index (χ3n) is 4.06. The van der Waals surface area contributed by atoms with Crippen LogP contribution in [0.4, 0.5) is 0 Å². The predicted octanol–water partition coefficient (Wildman–Crippen LogP) is 2.76. The number of rotatable bonds is 4. The average molecular weight is 255 g/mol. The van der Waals surface area contributed by atoms with E-state index in [2.05, 4.69) is 52.1 Å². The van der Waals surface area contributed by atoms with Crippen LogP contribution < -0.4 is 5.32 Å². The molecule has 2 atom stereocenters. The van der Waals surface area contributed by atoms with E-state index < -0.39 is 0 Å². The van der Waals surface area contributed by atoms with E-state index in [-0.39, 0.29) is 0 Å². The van der Waals surface area contributed by atoms with Gasteiger partial charge < -0.3 is 9.88 Å². The first-order chi connectivity index (χ1) is 9.34. The highest BCUT2D eigenvalue weighted by Gasteiger charge is 2.20. The van der Waals surface area contributed by atoms with Gasteiger partial charge in [0.05, 0.1) is 6.33 Å². The van der Waals surface area contributed by atoms with E-state index in [1.807, 2.05) is 12.5 Å². The monoisotopic (exact) mass is 255 g/mol. The molecule has 2 aromatic rings. The van der Waals surface area contributed by atoms with Gasteiger partial charge in [0.2, 0.25) is 0 Å². The molecule has 1 aliphatic rings. The third kappa shape index (κ3) is 2.71. The van der Waals surface area contributed by atoms with Gasteiger partial charge in [-0.1, -0.05) is 37.3 Å². The van der Waals surface area contributed by atoms with Crippen molar-refractivity contribution in [3.8, 4) is 0 Å². The number of imidazole rings is 1. The molecule has 1 aromatic carbocycles. The van der Waals surface area contributed by atoms with Crippen LogP contribution in [0.2, 0.25) is 0 Å². The summed E-state index contributed by atoms with van der Waals surface area (Å²) in [5, 5.41) is 3.43. The average Bonchev–Trinajstić information content (AvgIpc) is 3.10. The fraction of sp³-hybridized carbons (Fsp3) is 0.438. The topological polar surface area (TPSA) is 29.9 Å². The standard InChI is InChI=1S/C16H21N3/c1-13(14-5-3-2-4-6-14)11-19-12-18-10-16(19)15-7-8-17-9-15/h2-6,10,12-13,15,17H,7-9,11H2,1H3. The SMILES string of the molecule is CC(Cn1cncc1C1CCNC1)c1ccccc1. The van der Waals surface area contributed by atoms with Crippen molar-refractivity contribution in [1.82, 2.24) is 14.9 Å². The molecule has 0 radical (unpaired) electrons. The van der Waals surface area contributed by atoms with Crippen LogP contribution in [0.5, 0.6) is 0 Å². The second-order valence-electron chi connectivity index (χ2n) is 5.47.